The van der Waals surface area contributed by atoms with Gasteiger partial charge < -0.3 is 4.74 Å². The molecule has 4 rings (SSSR count). The first-order valence-electron chi connectivity index (χ1n) is 9.28. The van der Waals surface area contributed by atoms with Gasteiger partial charge >= 0.3 is 5.97 Å². The van der Waals surface area contributed by atoms with Crippen LogP contribution in [0.2, 0.25) is 0 Å². The summed E-state index contributed by atoms with van der Waals surface area (Å²) >= 11 is 0. The molecule has 0 aromatic carbocycles. The van der Waals surface area contributed by atoms with Crippen molar-refractivity contribution in [2.75, 3.05) is 0 Å². The fourth-order valence-corrected chi connectivity index (χ4v) is 6.74. The highest BCUT2D eigenvalue weighted by molar-refractivity contribution is 5.79. The van der Waals surface area contributed by atoms with Crippen molar-refractivity contribution in [2.45, 2.75) is 65.7 Å². The average molecular weight is 316 g/mol. The lowest BCUT2D eigenvalue weighted by Gasteiger charge is -2.56. The molecule has 0 unspecified atom stereocenters. The third-order valence-corrected chi connectivity index (χ3v) is 7.96. The van der Waals surface area contributed by atoms with Gasteiger partial charge in [-0.3, -0.25) is 9.59 Å². The molecule has 3 fully saturated rings. The Balaban J connectivity index is 1.67. The summed E-state index contributed by atoms with van der Waals surface area (Å²) in [5, 5.41) is 0. The molecule has 2 saturated carbocycles. The number of rotatable bonds is 1. The number of allylic oxidation sites excluding steroid dienone is 2. The van der Waals surface area contributed by atoms with Gasteiger partial charge in [0.25, 0.3) is 0 Å². The molecule has 0 N–H and O–H groups in total. The number of fused-ring (bicyclic) bond motifs is 5. The van der Waals surface area contributed by atoms with Gasteiger partial charge in [-0.25, -0.2) is 0 Å². The Hall–Kier alpha value is -1.12. The van der Waals surface area contributed by atoms with Gasteiger partial charge in [-0.2, -0.15) is 0 Å². The molecule has 3 nitrogen and oxygen atoms in total. The van der Waals surface area contributed by atoms with E-state index in [1.54, 1.807) is 6.92 Å². The van der Waals surface area contributed by atoms with Crippen molar-refractivity contribution in [3.05, 3.63) is 11.8 Å². The molecule has 3 aliphatic carbocycles. The Morgan fingerprint density at radius 2 is 1.96 bits per heavy atom. The van der Waals surface area contributed by atoms with E-state index in [0.29, 0.717) is 30.0 Å². The SMILES string of the molecule is CC(=O)[C@H]1CC[C@H]2[C@@H]3CC=C4OC(=O)CC[C@]4(C)[C@H]3CC[C@]12C. The molecule has 1 aliphatic heterocycles. The average Bonchev–Trinajstić information content (AvgIpc) is 2.85. The normalized spacial score (nSPS) is 48.7. The predicted molar refractivity (Wildman–Crippen MR) is 87.3 cm³/mol. The topological polar surface area (TPSA) is 43.4 Å². The van der Waals surface area contributed by atoms with E-state index in [9.17, 15) is 9.59 Å². The van der Waals surface area contributed by atoms with E-state index in [1.807, 2.05) is 0 Å². The molecule has 4 aliphatic rings. The first kappa shape index (κ1) is 15.4. The number of carbonyl (C=O) groups is 2. The molecular formula is C20H28O3. The van der Waals surface area contributed by atoms with E-state index in [0.717, 1.165) is 31.4 Å². The van der Waals surface area contributed by atoms with Gasteiger partial charge in [0.15, 0.2) is 0 Å². The summed E-state index contributed by atoms with van der Waals surface area (Å²) in [6.07, 6.45) is 9.29. The van der Waals surface area contributed by atoms with Crippen molar-refractivity contribution in [3.8, 4) is 0 Å². The maximum Gasteiger partial charge on any atom is 0.310 e. The summed E-state index contributed by atoms with van der Waals surface area (Å²) in [4.78, 5) is 23.8. The van der Waals surface area contributed by atoms with Crippen molar-refractivity contribution in [3.63, 3.8) is 0 Å². The van der Waals surface area contributed by atoms with Crippen LogP contribution < -0.4 is 0 Å². The maximum absolute atomic E-state index is 12.1. The first-order valence-corrected chi connectivity index (χ1v) is 9.28. The van der Waals surface area contributed by atoms with E-state index >= 15 is 0 Å². The zero-order chi connectivity index (χ0) is 16.4. The number of esters is 1. The highest BCUT2D eigenvalue weighted by atomic mass is 16.5. The highest BCUT2D eigenvalue weighted by Gasteiger charge is 2.60. The second-order valence-corrected chi connectivity index (χ2v) is 8.86. The molecule has 0 aromatic heterocycles. The minimum Gasteiger partial charge on any atom is -0.431 e. The van der Waals surface area contributed by atoms with Crippen LogP contribution in [0, 0.1) is 34.5 Å². The lowest BCUT2D eigenvalue weighted by molar-refractivity contribution is -0.152. The Labute approximate surface area is 138 Å². The molecular weight excluding hydrogens is 288 g/mol. The van der Waals surface area contributed by atoms with Gasteiger partial charge in [0.05, 0.1) is 0 Å². The van der Waals surface area contributed by atoms with Gasteiger partial charge in [-0.05, 0) is 74.7 Å². The smallest absolute Gasteiger partial charge is 0.310 e. The summed E-state index contributed by atoms with van der Waals surface area (Å²) in [6, 6.07) is 0. The minimum absolute atomic E-state index is 0.0342. The molecule has 6 atom stereocenters. The number of Topliss-reactive ketones (excluding diaryl/α,β-unsaturated/α-hetero) is 1. The second kappa shape index (κ2) is 4.94. The molecule has 0 radical (unpaired) electrons. The van der Waals surface area contributed by atoms with Gasteiger partial charge in [-0.1, -0.05) is 13.8 Å². The molecule has 0 amide bonds. The number of carbonyl (C=O) groups excluding carboxylic acids is 2. The lowest BCUT2D eigenvalue weighted by atomic mass is 9.49. The monoisotopic (exact) mass is 316 g/mol. The molecule has 126 valence electrons. The van der Waals surface area contributed by atoms with Gasteiger partial charge in [0.1, 0.15) is 11.5 Å². The quantitative estimate of drug-likeness (QED) is 0.679. The van der Waals surface area contributed by atoms with Crippen molar-refractivity contribution in [2.24, 2.45) is 34.5 Å². The third-order valence-electron chi connectivity index (χ3n) is 7.96. The molecule has 0 spiro atoms. The van der Waals surface area contributed by atoms with E-state index in [1.165, 1.54) is 12.8 Å². The van der Waals surface area contributed by atoms with Crippen LogP contribution in [0.1, 0.15) is 65.7 Å². The van der Waals surface area contributed by atoms with Crippen LogP contribution in [0.4, 0.5) is 0 Å². The van der Waals surface area contributed by atoms with Crippen LogP contribution in [0.3, 0.4) is 0 Å². The molecule has 1 saturated heterocycles. The van der Waals surface area contributed by atoms with Crippen LogP contribution in [0.25, 0.3) is 0 Å². The Morgan fingerprint density at radius 3 is 2.70 bits per heavy atom. The molecule has 1 heterocycles. The van der Waals surface area contributed by atoms with E-state index in [4.69, 9.17) is 4.74 Å². The van der Waals surface area contributed by atoms with Crippen LogP contribution in [-0.2, 0) is 14.3 Å². The summed E-state index contributed by atoms with van der Waals surface area (Å²) in [5.41, 5.74) is 0.229. The number of hydrogen-bond donors (Lipinski definition) is 0. The van der Waals surface area contributed by atoms with Crippen LogP contribution >= 0.6 is 0 Å². The fraction of sp³-hybridized carbons (Fsp3) is 0.800. The Bertz CT molecular complexity index is 592. The summed E-state index contributed by atoms with van der Waals surface area (Å²) in [7, 11) is 0. The van der Waals surface area contributed by atoms with Crippen molar-refractivity contribution >= 4 is 11.8 Å². The summed E-state index contributed by atoms with van der Waals surface area (Å²) < 4.78 is 5.61. The molecule has 23 heavy (non-hydrogen) atoms. The fourth-order valence-electron chi connectivity index (χ4n) is 6.74. The van der Waals surface area contributed by atoms with E-state index < -0.39 is 0 Å². The van der Waals surface area contributed by atoms with Crippen LogP contribution in [0.15, 0.2) is 11.8 Å². The van der Waals surface area contributed by atoms with Crippen LogP contribution in [0.5, 0.6) is 0 Å². The first-order chi connectivity index (χ1) is 10.9. The predicted octanol–water partition coefficient (Wildman–Crippen LogP) is 4.27. The molecule has 0 aromatic rings. The Morgan fingerprint density at radius 1 is 1.17 bits per heavy atom. The van der Waals surface area contributed by atoms with Crippen molar-refractivity contribution < 1.29 is 14.3 Å². The largest absolute Gasteiger partial charge is 0.431 e. The number of hydrogen-bond acceptors (Lipinski definition) is 3. The van der Waals surface area contributed by atoms with Crippen LogP contribution in [-0.4, -0.2) is 11.8 Å². The van der Waals surface area contributed by atoms with Crippen molar-refractivity contribution in [1.82, 2.24) is 0 Å². The zero-order valence-corrected chi connectivity index (χ0v) is 14.6. The standard InChI is InChI=1S/C20H28O3/c1-12(21)14-5-6-15-13-4-7-17-20(3,11-9-18(22)23-17)16(13)8-10-19(14,15)2/h7,13-16H,4-6,8-11H2,1-3H3/t13-,14+,15-,16-,19+,20+/m0/s1. The molecule has 3 heteroatoms. The lowest BCUT2D eigenvalue weighted by Crippen LogP contribution is -2.51. The zero-order valence-electron chi connectivity index (χ0n) is 14.6. The summed E-state index contributed by atoms with van der Waals surface area (Å²) in [6.45, 7) is 6.46. The second-order valence-electron chi connectivity index (χ2n) is 8.86. The van der Waals surface area contributed by atoms with Crippen molar-refractivity contribution in [1.29, 1.82) is 0 Å². The summed E-state index contributed by atoms with van der Waals surface area (Å²) in [5.74, 6) is 3.45. The highest BCUT2D eigenvalue weighted by Crippen LogP contribution is 2.65. The van der Waals surface area contributed by atoms with E-state index in [-0.39, 0.29) is 22.7 Å². The maximum atomic E-state index is 12.1. The Kier molecular flexibility index (Phi) is 3.31. The van der Waals surface area contributed by atoms with Gasteiger partial charge in [0.2, 0.25) is 0 Å². The third kappa shape index (κ3) is 2.01. The molecule has 0 bridgehead atoms. The van der Waals surface area contributed by atoms with Gasteiger partial charge in [-0.15, -0.1) is 0 Å². The number of ketones is 1. The van der Waals surface area contributed by atoms with Gasteiger partial charge in [0, 0.05) is 17.8 Å². The minimum atomic E-state index is -0.0645. The number of ether oxygens (including phenoxy) is 1. The van der Waals surface area contributed by atoms with E-state index in [2.05, 4.69) is 19.9 Å².